The number of hydrogen-bond donors (Lipinski definition) is 4. The molecule has 6 rings (SSSR count). The molecule has 0 aliphatic carbocycles. The Hall–Kier alpha value is -6.57. The minimum Gasteiger partial charge on any atom is -0.507 e. The van der Waals surface area contributed by atoms with Crippen molar-refractivity contribution in [1.29, 1.82) is 0 Å². The Morgan fingerprint density at radius 1 is 0.864 bits per heavy atom. The number of nitrogens with one attached hydrogen (secondary N) is 1. The molecule has 4 aromatic carbocycles. The molecule has 66 heavy (non-hydrogen) atoms. The average Bonchev–Trinajstić information content (AvgIpc) is 3.82. The number of aromatic hydroxyl groups is 2. The van der Waals surface area contributed by atoms with Crippen molar-refractivity contribution in [3.63, 3.8) is 0 Å². The van der Waals surface area contributed by atoms with Crippen molar-refractivity contribution in [2.24, 2.45) is 28.5 Å². The number of phenols is 2. The van der Waals surface area contributed by atoms with Gasteiger partial charge in [-0.1, -0.05) is 80.4 Å². The molecular weight excluding hydrogens is 860 g/mol. The maximum atomic E-state index is 14.7. The van der Waals surface area contributed by atoms with Crippen molar-refractivity contribution in [3.05, 3.63) is 118 Å². The fourth-order valence-corrected chi connectivity index (χ4v) is 8.61. The third kappa shape index (κ3) is 12.0. The summed E-state index contributed by atoms with van der Waals surface area (Å²) in [6.07, 6.45) is 3.61. The third-order valence-electron chi connectivity index (χ3n) is 12.3. The lowest BCUT2D eigenvalue weighted by Gasteiger charge is -2.32. The van der Waals surface area contributed by atoms with E-state index in [1.807, 2.05) is 24.3 Å². The molecule has 2 amide bonds. The van der Waals surface area contributed by atoms with Crippen molar-refractivity contribution in [2.45, 2.75) is 77.3 Å². The van der Waals surface area contributed by atoms with Crippen LogP contribution in [0.3, 0.4) is 0 Å². The summed E-state index contributed by atoms with van der Waals surface area (Å²) in [6.45, 7) is 3.71. The number of carbonyl (C=O) groups is 7. The van der Waals surface area contributed by atoms with E-state index in [-0.39, 0.29) is 60.5 Å². The number of amides is 2. The molecule has 0 aromatic heterocycles. The number of aliphatic imine (C=N–C) groups is 1. The van der Waals surface area contributed by atoms with E-state index in [1.165, 1.54) is 50.1 Å². The molecule has 0 unspecified atom stereocenters. The van der Waals surface area contributed by atoms with Crippen LogP contribution in [-0.2, 0) is 35.2 Å². The molecule has 14 heteroatoms. The smallest absolute Gasteiger partial charge is 0.226 e. The van der Waals surface area contributed by atoms with Gasteiger partial charge in [-0.3, -0.25) is 38.6 Å². The summed E-state index contributed by atoms with van der Waals surface area (Å²) in [5, 5.41) is 25.7. The number of hydrogen-bond acceptors (Lipinski definition) is 11. The number of carbonyl (C=O) groups excluding carboxylic acids is 7. The molecule has 5 atom stereocenters. The fourth-order valence-electron chi connectivity index (χ4n) is 8.49. The summed E-state index contributed by atoms with van der Waals surface area (Å²) >= 11 is 6.06. The highest BCUT2D eigenvalue weighted by Crippen LogP contribution is 2.40. The standard InChI is InChI=1S/C52H55ClN4O9/c1-30(50(64)48(63)26-33-19-21-55-29-33)22-46(61)42-25-32-7-17-43(58)40(24-32)41-27-37(14-18-44(41)59)49(47(62)23-31(2)51(65)56-42)57(3)52(66)38(6-4-5-20-54)28-45(60)36-10-8-34(9-11-36)35-12-15-39(53)16-13-35/h7-19,21,24,27,30-31,38,42,49,58-59H,4-6,20,22-23,25-26,28-29,54H2,1-3H3,(H,56,65)/t30-,31-,38-,42+,49+/m1/s1. The number of ketones is 5. The number of nitrogens with zero attached hydrogens (tertiary/aromatic N) is 2. The molecule has 344 valence electrons. The van der Waals surface area contributed by atoms with Crippen LogP contribution in [0.4, 0.5) is 0 Å². The van der Waals surface area contributed by atoms with E-state index in [0.717, 1.165) is 11.1 Å². The van der Waals surface area contributed by atoms with Crippen LogP contribution in [0.25, 0.3) is 22.3 Å². The number of fused-ring (bicyclic) bond motifs is 5. The lowest BCUT2D eigenvalue weighted by atomic mass is 9.87. The fraction of sp³-hybridized carbons (Fsp3) is 0.346. The van der Waals surface area contributed by atoms with E-state index in [4.69, 9.17) is 17.3 Å². The summed E-state index contributed by atoms with van der Waals surface area (Å²) in [6, 6.07) is 20.7. The van der Waals surface area contributed by atoms with Gasteiger partial charge in [0.1, 0.15) is 17.5 Å². The van der Waals surface area contributed by atoms with Crippen LogP contribution in [0.5, 0.6) is 11.5 Å². The van der Waals surface area contributed by atoms with Crippen LogP contribution in [0.15, 0.2) is 102 Å². The molecule has 2 aliphatic rings. The number of nitrogens with two attached hydrogens (primary N) is 1. The maximum Gasteiger partial charge on any atom is 0.226 e. The predicted octanol–water partition coefficient (Wildman–Crippen LogP) is 7.37. The Labute approximate surface area is 389 Å². The van der Waals surface area contributed by atoms with Crippen molar-refractivity contribution in [3.8, 4) is 33.8 Å². The zero-order chi connectivity index (χ0) is 47.7. The van der Waals surface area contributed by atoms with Gasteiger partial charge in [-0.15, -0.1) is 0 Å². The molecular formula is C52H55ClN4O9. The first-order valence-electron chi connectivity index (χ1n) is 22.2. The number of unbranched alkanes of at least 4 members (excludes halogenated alkanes) is 1. The maximum absolute atomic E-state index is 14.7. The van der Waals surface area contributed by atoms with Crippen LogP contribution in [0, 0.1) is 17.8 Å². The molecule has 0 radical (unpaired) electrons. The number of allylic oxidation sites excluding steroid dienone is 1. The van der Waals surface area contributed by atoms with Crippen LogP contribution in [-0.4, -0.2) is 88.2 Å². The Bertz CT molecular complexity index is 2570. The Balaban J connectivity index is 1.28. The Kier molecular flexibility index (Phi) is 16.3. The molecule has 4 bridgehead atoms. The normalized spacial score (nSPS) is 18.1. The number of Topliss-reactive ketones (excluding diaryl/α,β-unsaturated/α-hetero) is 5. The van der Waals surface area contributed by atoms with Crippen molar-refractivity contribution >= 4 is 58.5 Å². The largest absolute Gasteiger partial charge is 0.507 e. The quantitative estimate of drug-likeness (QED) is 0.0469. The molecule has 0 saturated heterocycles. The zero-order valence-electron chi connectivity index (χ0n) is 37.3. The minimum absolute atomic E-state index is 0.0747. The van der Waals surface area contributed by atoms with Gasteiger partial charge in [0.05, 0.1) is 12.6 Å². The molecule has 4 aromatic rings. The second-order valence-electron chi connectivity index (χ2n) is 17.4. The van der Waals surface area contributed by atoms with E-state index in [2.05, 4.69) is 10.3 Å². The van der Waals surface area contributed by atoms with Crippen LogP contribution in [0.2, 0.25) is 5.02 Å². The Morgan fingerprint density at radius 3 is 2.17 bits per heavy atom. The highest BCUT2D eigenvalue weighted by Gasteiger charge is 2.36. The molecule has 5 N–H and O–H groups in total. The van der Waals surface area contributed by atoms with E-state index in [0.29, 0.717) is 59.6 Å². The first-order chi connectivity index (χ1) is 31.5. The topological polar surface area (TPSA) is 214 Å². The van der Waals surface area contributed by atoms with Gasteiger partial charge in [0.25, 0.3) is 0 Å². The molecule has 2 aliphatic heterocycles. The summed E-state index contributed by atoms with van der Waals surface area (Å²) < 4.78 is 0. The van der Waals surface area contributed by atoms with Crippen LogP contribution in [0.1, 0.15) is 86.3 Å². The SMILES string of the molecule is C[C@@H]1CC(=O)[C@@H](N(C)C(=O)[C@H](CCCCN)CC(=O)c2ccc(-c3ccc(Cl)cc3)cc2)c2ccc(O)c(c2)-c2cc(ccc2O)C[C@@H](C(=O)C[C@@H](C)C(=O)C(=O)CC2=CC=NC2)NC1=O. The first kappa shape index (κ1) is 48.9. The molecule has 0 saturated carbocycles. The summed E-state index contributed by atoms with van der Waals surface area (Å²) in [5.74, 6) is -7.14. The number of halogens is 1. The lowest BCUT2D eigenvalue weighted by molar-refractivity contribution is -0.142. The highest BCUT2D eigenvalue weighted by atomic mass is 35.5. The lowest BCUT2D eigenvalue weighted by Crippen LogP contribution is -2.46. The van der Waals surface area contributed by atoms with Gasteiger partial charge >= 0.3 is 0 Å². The molecule has 13 nitrogen and oxygen atoms in total. The molecule has 0 fully saturated rings. The number of benzene rings is 4. The molecule has 2 heterocycles. The highest BCUT2D eigenvalue weighted by molar-refractivity contribution is 6.38. The van der Waals surface area contributed by atoms with Crippen molar-refractivity contribution < 1.29 is 43.8 Å². The van der Waals surface area contributed by atoms with E-state index >= 15 is 0 Å². The van der Waals surface area contributed by atoms with Gasteiger partial charge in [-0.25, -0.2) is 0 Å². The van der Waals surface area contributed by atoms with Gasteiger partial charge in [0.2, 0.25) is 23.4 Å². The second-order valence-corrected chi connectivity index (χ2v) is 17.8. The summed E-state index contributed by atoms with van der Waals surface area (Å²) in [7, 11) is 1.46. The monoisotopic (exact) mass is 914 g/mol. The van der Waals surface area contributed by atoms with E-state index in [9.17, 15) is 43.8 Å². The van der Waals surface area contributed by atoms with Crippen LogP contribution >= 0.6 is 11.6 Å². The third-order valence-corrected chi connectivity index (χ3v) is 12.6. The first-order valence-corrected chi connectivity index (χ1v) is 22.5. The number of rotatable bonds is 17. The summed E-state index contributed by atoms with van der Waals surface area (Å²) in [5.41, 5.74) is 9.78. The van der Waals surface area contributed by atoms with Gasteiger partial charge in [-0.05, 0) is 96.1 Å². The van der Waals surface area contributed by atoms with Gasteiger partial charge in [-0.2, -0.15) is 0 Å². The minimum atomic E-state index is -1.31. The summed E-state index contributed by atoms with van der Waals surface area (Å²) in [4.78, 5) is 102. The zero-order valence-corrected chi connectivity index (χ0v) is 38.1. The van der Waals surface area contributed by atoms with E-state index < -0.39 is 64.8 Å². The molecule has 0 spiro atoms. The van der Waals surface area contributed by atoms with Crippen molar-refractivity contribution in [1.82, 2.24) is 10.2 Å². The second kappa shape index (κ2) is 22.1. The van der Waals surface area contributed by atoms with Crippen molar-refractivity contribution in [2.75, 3.05) is 20.1 Å². The van der Waals surface area contributed by atoms with Gasteiger partial charge in [0.15, 0.2) is 17.3 Å². The van der Waals surface area contributed by atoms with Crippen LogP contribution < -0.4 is 11.1 Å². The predicted molar refractivity (Wildman–Crippen MR) is 252 cm³/mol. The van der Waals surface area contributed by atoms with Gasteiger partial charge in [0, 0.05) is 78.4 Å². The van der Waals surface area contributed by atoms with E-state index in [1.54, 1.807) is 48.7 Å². The number of likely N-dealkylation sites (N-methyl/N-ethyl adjacent to an activating group) is 1. The number of phenolic OH excluding ortho intramolecular Hbond substituents is 2. The Morgan fingerprint density at radius 2 is 1.52 bits per heavy atom. The van der Waals surface area contributed by atoms with Gasteiger partial charge < -0.3 is 26.2 Å². The average molecular weight is 915 g/mol.